The number of alkyl halides is 3. The van der Waals surface area contributed by atoms with Crippen LogP contribution in [0.4, 0.5) is 18.0 Å². The van der Waals surface area contributed by atoms with E-state index in [-0.39, 0.29) is 12.1 Å². The second-order valence-corrected chi connectivity index (χ2v) is 6.48. The van der Waals surface area contributed by atoms with Gasteiger partial charge in [-0.2, -0.15) is 13.2 Å². The Morgan fingerprint density at radius 2 is 1.60 bits per heavy atom. The first kappa shape index (κ1) is 17.5. The van der Waals surface area contributed by atoms with Crippen molar-refractivity contribution in [1.29, 1.82) is 0 Å². The summed E-state index contributed by atoms with van der Waals surface area (Å²) in [5, 5.41) is 1.86. The van der Waals surface area contributed by atoms with Crippen LogP contribution in [0.5, 0.6) is 0 Å². The van der Waals surface area contributed by atoms with Gasteiger partial charge in [0, 0.05) is 4.47 Å². The van der Waals surface area contributed by atoms with Gasteiger partial charge in [-0.3, -0.25) is 9.69 Å². The number of carbonyl (C=O) groups is 2. The smallest absolute Gasteiger partial charge is 0.312 e. The number of nitrogens with zero attached hydrogens (tertiary/aromatic N) is 1. The quantitative estimate of drug-likeness (QED) is 0.775. The molecule has 0 aromatic heterocycles. The molecule has 1 aliphatic rings. The molecule has 4 nitrogen and oxygen atoms in total. The van der Waals surface area contributed by atoms with E-state index >= 15 is 0 Å². The molecule has 25 heavy (non-hydrogen) atoms. The lowest BCUT2D eigenvalue weighted by Gasteiger charge is -2.29. The molecule has 1 fully saturated rings. The van der Waals surface area contributed by atoms with E-state index in [1.807, 2.05) is 5.32 Å². The Hall–Kier alpha value is -2.35. The Bertz CT molecular complexity index is 809. The fraction of sp³-hybridized carbons (Fsp3) is 0.176. The van der Waals surface area contributed by atoms with Crippen LogP contribution in [-0.4, -0.2) is 23.0 Å². The van der Waals surface area contributed by atoms with Gasteiger partial charge in [0.05, 0.1) is 6.54 Å². The van der Waals surface area contributed by atoms with E-state index in [0.717, 1.165) is 4.47 Å². The summed E-state index contributed by atoms with van der Waals surface area (Å²) < 4.78 is 42.2. The minimum atomic E-state index is -4.98. The van der Waals surface area contributed by atoms with Crippen molar-refractivity contribution < 1.29 is 22.8 Å². The first-order valence-corrected chi connectivity index (χ1v) is 8.06. The van der Waals surface area contributed by atoms with Crippen molar-refractivity contribution in [1.82, 2.24) is 10.2 Å². The van der Waals surface area contributed by atoms with E-state index in [0.29, 0.717) is 10.5 Å². The van der Waals surface area contributed by atoms with Gasteiger partial charge in [-0.25, -0.2) is 4.79 Å². The second kappa shape index (κ2) is 6.18. The highest BCUT2D eigenvalue weighted by Crippen LogP contribution is 2.43. The summed E-state index contributed by atoms with van der Waals surface area (Å²) in [6, 6.07) is 12.2. The largest absolute Gasteiger partial charge is 0.425 e. The van der Waals surface area contributed by atoms with Crippen molar-refractivity contribution in [2.45, 2.75) is 18.3 Å². The Morgan fingerprint density at radius 1 is 1.00 bits per heavy atom. The molecular formula is C17H12BrF3N2O2. The molecule has 130 valence electrons. The zero-order valence-corrected chi connectivity index (χ0v) is 14.3. The van der Waals surface area contributed by atoms with E-state index in [9.17, 15) is 22.8 Å². The summed E-state index contributed by atoms with van der Waals surface area (Å²) in [5.41, 5.74) is -2.85. The molecule has 2 aromatic carbocycles. The summed E-state index contributed by atoms with van der Waals surface area (Å²) >= 11 is 3.25. The van der Waals surface area contributed by atoms with Crippen molar-refractivity contribution in [2.24, 2.45) is 0 Å². The standard InChI is InChI=1S/C17H12BrF3N2O2/c18-13-8-6-11(7-9-13)10-23-14(24)16(17(19,20)21,22-15(23)25)12-4-2-1-3-5-12/h1-9H,10H2,(H,22,25)/t16-/m1/s1. The van der Waals surface area contributed by atoms with Gasteiger partial charge in [0.2, 0.25) is 5.54 Å². The SMILES string of the molecule is O=C1N[C@@](c2ccccc2)(C(F)(F)F)C(=O)N1Cc1ccc(Br)cc1. The molecule has 3 amide bonds. The number of hydrogen-bond acceptors (Lipinski definition) is 2. The highest BCUT2D eigenvalue weighted by atomic mass is 79.9. The van der Waals surface area contributed by atoms with Gasteiger partial charge in [0.25, 0.3) is 5.91 Å². The van der Waals surface area contributed by atoms with Gasteiger partial charge in [-0.15, -0.1) is 0 Å². The summed E-state index contributed by atoms with van der Waals surface area (Å²) in [6.45, 7) is -0.247. The van der Waals surface area contributed by atoms with Crippen LogP contribution < -0.4 is 5.32 Å². The summed E-state index contributed by atoms with van der Waals surface area (Å²) in [4.78, 5) is 25.4. The zero-order chi connectivity index (χ0) is 18.2. The van der Waals surface area contributed by atoms with Gasteiger partial charge >= 0.3 is 12.2 Å². The number of carbonyl (C=O) groups excluding carboxylic acids is 2. The summed E-state index contributed by atoms with van der Waals surface area (Å²) in [5.74, 6) is -1.33. The molecule has 1 heterocycles. The lowest BCUT2D eigenvalue weighted by atomic mass is 9.89. The molecule has 0 spiro atoms. The first-order chi connectivity index (χ1) is 11.8. The molecule has 8 heteroatoms. The molecule has 1 saturated heterocycles. The Labute approximate surface area is 149 Å². The number of amides is 3. The molecule has 1 atom stereocenters. The van der Waals surface area contributed by atoms with E-state index in [2.05, 4.69) is 15.9 Å². The van der Waals surface area contributed by atoms with Crippen molar-refractivity contribution in [2.75, 3.05) is 0 Å². The van der Waals surface area contributed by atoms with Gasteiger partial charge in [0.1, 0.15) is 0 Å². The highest BCUT2D eigenvalue weighted by Gasteiger charge is 2.68. The molecule has 1 N–H and O–H groups in total. The molecule has 1 aliphatic heterocycles. The highest BCUT2D eigenvalue weighted by molar-refractivity contribution is 9.10. The number of imide groups is 1. The van der Waals surface area contributed by atoms with Gasteiger partial charge in [0.15, 0.2) is 0 Å². The summed E-state index contributed by atoms with van der Waals surface area (Å²) in [7, 11) is 0. The maximum absolute atomic E-state index is 13.8. The minimum absolute atomic E-state index is 0.247. The zero-order valence-electron chi connectivity index (χ0n) is 12.7. The first-order valence-electron chi connectivity index (χ1n) is 7.26. The monoisotopic (exact) mass is 412 g/mol. The minimum Gasteiger partial charge on any atom is -0.312 e. The van der Waals surface area contributed by atoms with E-state index in [4.69, 9.17) is 0 Å². The fourth-order valence-corrected chi connectivity index (χ4v) is 3.00. The fourth-order valence-electron chi connectivity index (χ4n) is 2.73. The number of nitrogens with one attached hydrogen (secondary N) is 1. The molecule has 3 rings (SSSR count). The summed E-state index contributed by atoms with van der Waals surface area (Å²) in [6.07, 6.45) is -4.98. The molecule has 0 aliphatic carbocycles. The molecular weight excluding hydrogens is 401 g/mol. The van der Waals surface area contributed by atoms with Crippen LogP contribution in [0.1, 0.15) is 11.1 Å². The van der Waals surface area contributed by atoms with Crippen molar-refractivity contribution in [3.63, 3.8) is 0 Å². The van der Waals surface area contributed by atoms with Crippen LogP contribution in [0.15, 0.2) is 59.1 Å². The molecule has 0 saturated carbocycles. The van der Waals surface area contributed by atoms with Crippen molar-refractivity contribution >= 4 is 27.9 Å². The van der Waals surface area contributed by atoms with Gasteiger partial charge < -0.3 is 5.32 Å². The topological polar surface area (TPSA) is 49.4 Å². The van der Waals surface area contributed by atoms with Crippen LogP contribution in [0.25, 0.3) is 0 Å². The van der Waals surface area contributed by atoms with Crippen molar-refractivity contribution in [3.8, 4) is 0 Å². The maximum Gasteiger partial charge on any atom is 0.425 e. The number of hydrogen-bond donors (Lipinski definition) is 1. The lowest BCUT2D eigenvalue weighted by molar-refractivity contribution is -0.198. The van der Waals surface area contributed by atoms with Crippen molar-refractivity contribution in [3.05, 3.63) is 70.2 Å². The van der Waals surface area contributed by atoms with Crippen LogP contribution >= 0.6 is 15.9 Å². The second-order valence-electron chi connectivity index (χ2n) is 5.56. The Kier molecular flexibility index (Phi) is 4.32. The number of halogens is 4. The normalized spacial score (nSPS) is 20.7. The van der Waals surface area contributed by atoms with Gasteiger partial charge in [-0.1, -0.05) is 58.4 Å². The third-order valence-corrected chi connectivity index (χ3v) is 4.52. The van der Waals surface area contributed by atoms with Crippen LogP contribution in [0, 0.1) is 0 Å². The molecule has 0 unspecified atom stereocenters. The predicted molar refractivity (Wildman–Crippen MR) is 87.4 cm³/mol. The third kappa shape index (κ3) is 2.90. The average Bonchev–Trinajstić information content (AvgIpc) is 2.83. The maximum atomic E-state index is 13.8. The van der Waals surface area contributed by atoms with E-state index in [1.54, 1.807) is 24.3 Å². The van der Waals surface area contributed by atoms with Crippen LogP contribution in [-0.2, 0) is 16.9 Å². The number of urea groups is 1. The number of rotatable bonds is 3. The molecule has 2 aromatic rings. The molecule has 0 radical (unpaired) electrons. The number of benzene rings is 2. The lowest BCUT2D eigenvalue weighted by Crippen LogP contribution is -2.55. The van der Waals surface area contributed by atoms with Crippen LogP contribution in [0.3, 0.4) is 0 Å². The predicted octanol–water partition coefficient (Wildman–Crippen LogP) is 3.96. The van der Waals surface area contributed by atoms with Gasteiger partial charge in [-0.05, 0) is 23.3 Å². The Balaban J connectivity index is 2.01. The van der Waals surface area contributed by atoms with Crippen LogP contribution in [0.2, 0.25) is 0 Å². The Morgan fingerprint density at radius 3 is 2.16 bits per heavy atom. The average molecular weight is 413 g/mol. The molecule has 0 bridgehead atoms. The van der Waals surface area contributed by atoms with E-state index < -0.39 is 23.7 Å². The third-order valence-electron chi connectivity index (χ3n) is 3.99. The van der Waals surface area contributed by atoms with E-state index in [1.165, 1.54) is 30.3 Å².